The molecule has 0 saturated carbocycles. The zero-order valence-electron chi connectivity index (χ0n) is 36.0. The maximum Gasteiger partial charge on any atom is 0.306 e. The van der Waals surface area contributed by atoms with E-state index in [1.165, 1.54) is 148 Å². The number of carbonyl (C=O) groups is 3. The van der Waals surface area contributed by atoms with Crippen molar-refractivity contribution in [1.82, 2.24) is 0 Å². The third-order valence-electron chi connectivity index (χ3n) is 10.5. The Bertz CT molecular complexity index is 796. The average Bonchev–Trinajstić information content (AvgIpc) is 3.14. The quantitative estimate of drug-likeness (QED) is 0.0351. The molecule has 0 aliphatic heterocycles. The Hall–Kier alpha value is -1.59. The smallest absolute Gasteiger partial charge is 0.306 e. The SMILES string of the molecule is CCCCCCCCCCCCCC(=O)O[C@@H](COC(=O)CCCCCCC)COC(=O)CCCCCCCCCCCCCCCCCCC(C)C. The summed E-state index contributed by atoms with van der Waals surface area (Å²) in [5.41, 5.74) is 0. The number of hydrogen-bond acceptors (Lipinski definition) is 6. The fourth-order valence-corrected chi connectivity index (χ4v) is 6.98. The Balaban J connectivity index is 4.09. The standard InChI is InChI=1S/C47H90O6/c1-5-7-9-11-12-13-20-25-28-32-36-40-47(50)53-44(41-51-45(48)38-34-29-10-8-6-2)42-52-46(49)39-35-31-27-24-22-19-17-15-14-16-18-21-23-26-30-33-37-43(3)4/h43-44H,5-42H2,1-4H3/t44-/m0/s1. The van der Waals surface area contributed by atoms with Gasteiger partial charge in [0.1, 0.15) is 13.2 Å². The molecular formula is C47H90O6. The molecule has 0 heterocycles. The molecule has 0 spiro atoms. The van der Waals surface area contributed by atoms with Crippen LogP contribution in [0, 0.1) is 5.92 Å². The molecule has 0 unspecified atom stereocenters. The largest absolute Gasteiger partial charge is 0.462 e. The molecule has 6 heteroatoms. The maximum absolute atomic E-state index is 12.6. The van der Waals surface area contributed by atoms with Crippen LogP contribution in [0.15, 0.2) is 0 Å². The van der Waals surface area contributed by atoms with Gasteiger partial charge in [0, 0.05) is 19.3 Å². The topological polar surface area (TPSA) is 78.9 Å². The zero-order chi connectivity index (χ0) is 38.9. The number of rotatable bonds is 42. The third-order valence-corrected chi connectivity index (χ3v) is 10.5. The second-order valence-corrected chi connectivity index (χ2v) is 16.5. The van der Waals surface area contributed by atoms with E-state index in [9.17, 15) is 14.4 Å². The van der Waals surface area contributed by atoms with Crippen molar-refractivity contribution in [3.05, 3.63) is 0 Å². The lowest BCUT2D eigenvalue weighted by molar-refractivity contribution is -0.167. The lowest BCUT2D eigenvalue weighted by Gasteiger charge is -2.18. The van der Waals surface area contributed by atoms with Crippen LogP contribution >= 0.6 is 0 Å². The number of hydrogen-bond donors (Lipinski definition) is 0. The fraction of sp³-hybridized carbons (Fsp3) is 0.936. The summed E-state index contributed by atoms with van der Waals surface area (Å²) >= 11 is 0. The van der Waals surface area contributed by atoms with Gasteiger partial charge in [-0.3, -0.25) is 14.4 Å². The van der Waals surface area contributed by atoms with Crippen LogP contribution in [-0.4, -0.2) is 37.2 Å². The average molecular weight is 751 g/mol. The van der Waals surface area contributed by atoms with Gasteiger partial charge in [-0.05, 0) is 25.2 Å². The molecule has 0 fully saturated rings. The highest BCUT2D eigenvalue weighted by molar-refractivity contribution is 5.71. The van der Waals surface area contributed by atoms with E-state index in [4.69, 9.17) is 14.2 Å². The van der Waals surface area contributed by atoms with Gasteiger partial charge in [0.25, 0.3) is 0 Å². The van der Waals surface area contributed by atoms with E-state index < -0.39 is 6.10 Å². The van der Waals surface area contributed by atoms with Gasteiger partial charge >= 0.3 is 17.9 Å². The normalized spacial score (nSPS) is 11.9. The van der Waals surface area contributed by atoms with Gasteiger partial charge in [0.2, 0.25) is 0 Å². The molecule has 6 nitrogen and oxygen atoms in total. The van der Waals surface area contributed by atoms with Gasteiger partial charge in [0.05, 0.1) is 0 Å². The molecule has 0 aromatic carbocycles. The molecular weight excluding hydrogens is 661 g/mol. The Morgan fingerprint density at radius 3 is 0.925 bits per heavy atom. The van der Waals surface area contributed by atoms with Gasteiger partial charge in [-0.1, -0.05) is 220 Å². The van der Waals surface area contributed by atoms with Gasteiger partial charge < -0.3 is 14.2 Å². The summed E-state index contributed by atoms with van der Waals surface area (Å²) in [4.78, 5) is 37.4. The lowest BCUT2D eigenvalue weighted by Crippen LogP contribution is -2.30. The molecule has 0 radical (unpaired) electrons. The molecule has 0 N–H and O–H groups in total. The van der Waals surface area contributed by atoms with E-state index in [0.29, 0.717) is 19.3 Å². The predicted octanol–water partition coefficient (Wildman–Crippen LogP) is 14.7. The van der Waals surface area contributed by atoms with Crippen molar-refractivity contribution >= 4 is 17.9 Å². The predicted molar refractivity (Wildman–Crippen MR) is 224 cm³/mol. The number of unbranched alkanes of at least 4 members (excludes halogenated alkanes) is 29. The minimum absolute atomic E-state index is 0.0644. The van der Waals surface area contributed by atoms with Gasteiger partial charge in [-0.2, -0.15) is 0 Å². The van der Waals surface area contributed by atoms with Crippen LogP contribution in [0.4, 0.5) is 0 Å². The lowest BCUT2D eigenvalue weighted by atomic mass is 10.0. The summed E-state index contributed by atoms with van der Waals surface area (Å²) in [6.45, 7) is 8.93. The summed E-state index contributed by atoms with van der Waals surface area (Å²) in [6.07, 6.45) is 41.2. The van der Waals surface area contributed by atoms with Crippen LogP contribution in [0.1, 0.15) is 259 Å². The molecule has 0 amide bonds. The highest BCUT2D eigenvalue weighted by atomic mass is 16.6. The summed E-state index contributed by atoms with van der Waals surface area (Å²) in [5.74, 6) is -0.0141. The summed E-state index contributed by atoms with van der Waals surface area (Å²) in [5, 5.41) is 0. The van der Waals surface area contributed by atoms with E-state index >= 15 is 0 Å². The molecule has 53 heavy (non-hydrogen) atoms. The van der Waals surface area contributed by atoms with Crippen LogP contribution < -0.4 is 0 Å². The Morgan fingerprint density at radius 2 is 0.623 bits per heavy atom. The van der Waals surface area contributed by atoms with E-state index in [0.717, 1.165) is 70.1 Å². The number of ether oxygens (including phenoxy) is 3. The molecule has 1 atom stereocenters. The van der Waals surface area contributed by atoms with E-state index in [1.807, 2.05) is 0 Å². The van der Waals surface area contributed by atoms with Crippen molar-refractivity contribution in [3.8, 4) is 0 Å². The van der Waals surface area contributed by atoms with E-state index in [-0.39, 0.29) is 31.1 Å². The second-order valence-electron chi connectivity index (χ2n) is 16.5. The monoisotopic (exact) mass is 751 g/mol. The molecule has 0 aromatic rings. The molecule has 314 valence electrons. The van der Waals surface area contributed by atoms with Gasteiger partial charge in [-0.25, -0.2) is 0 Å². The third kappa shape index (κ3) is 41.4. The first-order valence-corrected chi connectivity index (χ1v) is 23.4. The number of carbonyl (C=O) groups excluding carboxylic acids is 3. The van der Waals surface area contributed by atoms with Crippen LogP contribution in [0.5, 0.6) is 0 Å². The molecule has 0 bridgehead atoms. The van der Waals surface area contributed by atoms with Crippen LogP contribution in [0.3, 0.4) is 0 Å². The fourth-order valence-electron chi connectivity index (χ4n) is 6.98. The van der Waals surface area contributed by atoms with Crippen LogP contribution in [0.2, 0.25) is 0 Å². The first-order chi connectivity index (χ1) is 25.9. The highest BCUT2D eigenvalue weighted by Gasteiger charge is 2.19. The summed E-state index contributed by atoms with van der Waals surface area (Å²) in [7, 11) is 0. The van der Waals surface area contributed by atoms with Crippen molar-refractivity contribution in [2.45, 2.75) is 265 Å². The Kier molecular flexibility index (Phi) is 40.3. The van der Waals surface area contributed by atoms with Crippen molar-refractivity contribution < 1.29 is 28.6 Å². The van der Waals surface area contributed by atoms with Gasteiger partial charge in [0.15, 0.2) is 6.10 Å². The van der Waals surface area contributed by atoms with Crippen molar-refractivity contribution in [2.24, 2.45) is 5.92 Å². The Labute approximate surface area is 329 Å². The molecule has 0 rings (SSSR count). The molecule has 0 aliphatic rings. The minimum Gasteiger partial charge on any atom is -0.462 e. The Morgan fingerprint density at radius 1 is 0.358 bits per heavy atom. The highest BCUT2D eigenvalue weighted by Crippen LogP contribution is 2.16. The summed E-state index contributed by atoms with van der Waals surface area (Å²) < 4.78 is 16.6. The summed E-state index contributed by atoms with van der Waals surface area (Å²) in [6, 6.07) is 0. The van der Waals surface area contributed by atoms with E-state index in [2.05, 4.69) is 27.7 Å². The van der Waals surface area contributed by atoms with Crippen LogP contribution in [-0.2, 0) is 28.6 Å². The second kappa shape index (κ2) is 41.6. The van der Waals surface area contributed by atoms with Crippen LogP contribution in [0.25, 0.3) is 0 Å². The van der Waals surface area contributed by atoms with E-state index in [1.54, 1.807) is 0 Å². The van der Waals surface area contributed by atoms with Crippen molar-refractivity contribution in [2.75, 3.05) is 13.2 Å². The minimum atomic E-state index is -0.757. The van der Waals surface area contributed by atoms with Gasteiger partial charge in [-0.15, -0.1) is 0 Å². The molecule has 0 aromatic heterocycles. The first-order valence-electron chi connectivity index (χ1n) is 23.4. The molecule has 0 aliphatic carbocycles. The zero-order valence-corrected chi connectivity index (χ0v) is 36.0. The molecule has 0 saturated heterocycles. The first kappa shape index (κ1) is 51.4. The van der Waals surface area contributed by atoms with Crippen molar-refractivity contribution in [3.63, 3.8) is 0 Å². The maximum atomic E-state index is 12.6. The van der Waals surface area contributed by atoms with Crippen molar-refractivity contribution in [1.29, 1.82) is 0 Å². The number of esters is 3.